The molecular formula is C27H29ClN2O2. The number of Topliss-reactive ketones (excluding diaryl/α,β-unsaturated/α-hetero) is 1. The van der Waals surface area contributed by atoms with E-state index in [4.69, 9.17) is 16.3 Å². The van der Waals surface area contributed by atoms with E-state index in [2.05, 4.69) is 42.2 Å². The molecule has 2 unspecified atom stereocenters. The Morgan fingerprint density at radius 2 is 2.12 bits per heavy atom. The van der Waals surface area contributed by atoms with Crippen molar-refractivity contribution in [2.24, 2.45) is 5.92 Å². The van der Waals surface area contributed by atoms with E-state index in [1.807, 2.05) is 44.3 Å². The summed E-state index contributed by atoms with van der Waals surface area (Å²) in [6, 6.07) is 12.0. The van der Waals surface area contributed by atoms with Crippen molar-refractivity contribution in [1.29, 1.82) is 0 Å². The molecule has 4 rings (SSSR count). The van der Waals surface area contributed by atoms with Gasteiger partial charge in [-0.2, -0.15) is 5.10 Å². The summed E-state index contributed by atoms with van der Waals surface area (Å²) in [6.07, 6.45) is 5.43. The van der Waals surface area contributed by atoms with Crippen LogP contribution in [0.5, 0.6) is 5.75 Å². The number of ketones is 1. The molecule has 2 aromatic carbocycles. The number of hydrogen-bond acceptors (Lipinski definition) is 3. The van der Waals surface area contributed by atoms with Crippen LogP contribution in [0.25, 0.3) is 16.7 Å². The maximum absolute atomic E-state index is 13.7. The molecule has 0 fully saturated rings. The lowest BCUT2D eigenvalue weighted by molar-refractivity contribution is -0.118. The number of carbonyl (C=O) groups excluding carboxylic acids is 1. The third-order valence-electron chi connectivity index (χ3n) is 6.48. The van der Waals surface area contributed by atoms with Gasteiger partial charge in [-0.3, -0.25) is 9.89 Å². The third-order valence-corrected chi connectivity index (χ3v) is 6.71. The first-order chi connectivity index (χ1) is 15.4. The van der Waals surface area contributed by atoms with Crippen molar-refractivity contribution in [3.05, 3.63) is 76.1 Å². The molecule has 0 bridgehead atoms. The number of fused-ring (bicyclic) bond motifs is 1. The molecular weight excluding hydrogens is 420 g/mol. The second-order valence-corrected chi connectivity index (χ2v) is 8.99. The molecule has 0 saturated heterocycles. The van der Waals surface area contributed by atoms with Crippen molar-refractivity contribution in [1.82, 2.24) is 10.2 Å². The Morgan fingerprint density at radius 3 is 2.81 bits per heavy atom. The molecule has 32 heavy (non-hydrogen) atoms. The Balaban J connectivity index is 1.69. The van der Waals surface area contributed by atoms with E-state index < -0.39 is 0 Å². The van der Waals surface area contributed by atoms with Gasteiger partial charge in [0.05, 0.1) is 18.7 Å². The van der Waals surface area contributed by atoms with Gasteiger partial charge in [0, 0.05) is 21.9 Å². The lowest BCUT2D eigenvalue weighted by Gasteiger charge is -2.26. The van der Waals surface area contributed by atoms with Crippen molar-refractivity contribution in [2.45, 2.75) is 46.5 Å². The fourth-order valence-electron chi connectivity index (χ4n) is 4.43. The molecule has 1 aromatic heterocycles. The molecule has 2 atom stereocenters. The van der Waals surface area contributed by atoms with E-state index in [1.54, 1.807) is 0 Å². The summed E-state index contributed by atoms with van der Waals surface area (Å²) >= 11 is 6.17. The van der Waals surface area contributed by atoms with Crippen LogP contribution in [0.15, 0.2) is 48.7 Å². The van der Waals surface area contributed by atoms with Gasteiger partial charge in [-0.25, -0.2) is 0 Å². The van der Waals surface area contributed by atoms with Gasteiger partial charge in [0.1, 0.15) is 5.75 Å². The van der Waals surface area contributed by atoms with Crippen molar-refractivity contribution < 1.29 is 9.53 Å². The topological polar surface area (TPSA) is 55.0 Å². The van der Waals surface area contributed by atoms with Crippen molar-refractivity contribution in [3.8, 4) is 16.9 Å². The first-order valence-corrected chi connectivity index (χ1v) is 11.6. The highest BCUT2D eigenvalue weighted by Crippen LogP contribution is 2.36. The highest BCUT2D eigenvalue weighted by molar-refractivity contribution is 6.30. The minimum Gasteiger partial charge on any atom is -0.493 e. The Labute approximate surface area is 194 Å². The average molecular weight is 449 g/mol. The van der Waals surface area contributed by atoms with Crippen LogP contribution in [0.1, 0.15) is 55.5 Å². The molecule has 2 heterocycles. The summed E-state index contributed by atoms with van der Waals surface area (Å²) in [7, 11) is 0. The summed E-state index contributed by atoms with van der Waals surface area (Å²) in [5.41, 5.74) is 7.18. The number of hydrogen-bond donors (Lipinski definition) is 1. The molecule has 0 aliphatic carbocycles. The summed E-state index contributed by atoms with van der Waals surface area (Å²) in [5, 5.41) is 7.84. The minimum atomic E-state index is -0.229. The number of ether oxygens (including phenoxy) is 1. The van der Waals surface area contributed by atoms with Gasteiger partial charge in [-0.1, -0.05) is 49.7 Å². The van der Waals surface area contributed by atoms with Crippen LogP contribution in [-0.2, 0) is 11.2 Å². The molecule has 1 aliphatic rings. The minimum absolute atomic E-state index is 0.120. The zero-order valence-electron chi connectivity index (χ0n) is 19.0. The second-order valence-electron chi connectivity index (χ2n) is 8.55. The van der Waals surface area contributed by atoms with E-state index in [0.29, 0.717) is 24.0 Å². The lowest BCUT2D eigenvalue weighted by Crippen LogP contribution is -2.29. The maximum Gasteiger partial charge on any atom is 0.169 e. The standard InChI is InChI=1S/C27H29ClN2O2/c1-5-16(3)24-13-18(25-14-29-30-17(25)4)7-9-23(24)22(6-2)27(31)20-11-19-12-21(28)8-10-26(19)32-15-20/h6-10,12-14,16,20H,5,11,15H2,1-4H3,(H,29,30)/b22-6+. The number of aryl methyl sites for hydroxylation is 1. The van der Waals surface area contributed by atoms with Crippen LogP contribution in [0.4, 0.5) is 0 Å². The highest BCUT2D eigenvalue weighted by Gasteiger charge is 2.30. The second kappa shape index (κ2) is 9.33. The number of nitrogens with one attached hydrogen (secondary N) is 1. The number of nitrogens with zero attached hydrogens (tertiary/aromatic N) is 1. The zero-order chi connectivity index (χ0) is 22.8. The van der Waals surface area contributed by atoms with Crippen LogP contribution in [-0.4, -0.2) is 22.6 Å². The number of aromatic amines is 1. The normalized spacial score (nSPS) is 16.9. The highest BCUT2D eigenvalue weighted by atomic mass is 35.5. The van der Waals surface area contributed by atoms with E-state index in [-0.39, 0.29) is 11.7 Å². The first-order valence-electron chi connectivity index (χ1n) is 11.2. The monoisotopic (exact) mass is 448 g/mol. The fourth-order valence-corrected chi connectivity index (χ4v) is 4.62. The van der Waals surface area contributed by atoms with Crippen molar-refractivity contribution in [2.75, 3.05) is 6.61 Å². The van der Waals surface area contributed by atoms with Crippen LogP contribution in [0, 0.1) is 12.8 Å². The van der Waals surface area contributed by atoms with Gasteiger partial charge in [-0.15, -0.1) is 0 Å². The molecule has 0 amide bonds. The van der Waals surface area contributed by atoms with E-state index >= 15 is 0 Å². The van der Waals surface area contributed by atoms with Crippen LogP contribution in [0.2, 0.25) is 5.02 Å². The molecule has 3 aromatic rings. The summed E-state index contributed by atoms with van der Waals surface area (Å²) < 4.78 is 5.91. The third kappa shape index (κ3) is 4.24. The fraction of sp³-hybridized carbons (Fsp3) is 0.333. The van der Waals surface area contributed by atoms with Crippen LogP contribution in [0.3, 0.4) is 0 Å². The quantitative estimate of drug-likeness (QED) is 0.423. The van der Waals surface area contributed by atoms with Gasteiger partial charge < -0.3 is 4.74 Å². The van der Waals surface area contributed by atoms with E-state index in [1.165, 1.54) is 5.56 Å². The Kier molecular flexibility index (Phi) is 6.52. The predicted molar refractivity (Wildman–Crippen MR) is 130 cm³/mol. The summed E-state index contributed by atoms with van der Waals surface area (Å²) in [6.45, 7) is 8.74. The average Bonchev–Trinajstić information content (AvgIpc) is 3.24. The zero-order valence-corrected chi connectivity index (χ0v) is 19.8. The molecule has 0 spiro atoms. The van der Waals surface area contributed by atoms with Crippen LogP contribution >= 0.6 is 11.6 Å². The van der Waals surface area contributed by atoms with Crippen molar-refractivity contribution >= 4 is 23.0 Å². The first kappa shape index (κ1) is 22.3. The Morgan fingerprint density at radius 1 is 1.31 bits per heavy atom. The van der Waals surface area contributed by atoms with Gasteiger partial charge in [-0.05, 0) is 73.1 Å². The smallest absolute Gasteiger partial charge is 0.169 e. The molecule has 0 saturated carbocycles. The van der Waals surface area contributed by atoms with Gasteiger partial charge in [0.15, 0.2) is 5.78 Å². The van der Waals surface area contributed by atoms with Gasteiger partial charge in [0.2, 0.25) is 0 Å². The number of allylic oxidation sites excluding steroid dienone is 2. The largest absolute Gasteiger partial charge is 0.493 e. The summed E-state index contributed by atoms with van der Waals surface area (Å²) in [4.78, 5) is 13.7. The predicted octanol–water partition coefficient (Wildman–Crippen LogP) is 6.78. The number of H-pyrrole nitrogens is 1. The molecule has 1 aliphatic heterocycles. The molecule has 166 valence electrons. The molecule has 0 radical (unpaired) electrons. The number of benzene rings is 2. The number of aromatic nitrogens is 2. The Bertz CT molecular complexity index is 1180. The number of halogens is 1. The number of carbonyl (C=O) groups is 1. The van der Waals surface area contributed by atoms with E-state index in [0.717, 1.165) is 45.7 Å². The van der Waals surface area contributed by atoms with Gasteiger partial charge in [0.25, 0.3) is 0 Å². The number of rotatable bonds is 6. The molecule has 5 heteroatoms. The van der Waals surface area contributed by atoms with Gasteiger partial charge >= 0.3 is 0 Å². The summed E-state index contributed by atoms with van der Waals surface area (Å²) in [5.74, 6) is 1.03. The lowest BCUT2D eigenvalue weighted by atomic mass is 9.82. The maximum atomic E-state index is 13.7. The molecule has 1 N–H and O–H groups in total. The molecule has 4 nitrogen and oxygen atoms in total. The Hall–Kier alpha value is -2.85. The SMILES string of the molecule is C/C=C(/C(=O)C1COc2ccc(Cl)cc2C1)c1ccc(-c2cn[nH]c2C)cc1C(C)CC. The van der Waals surface area contributed by atoms with Crippen molar-refractivity contribution in [3.63, 3.8) is 0 Å². The van der Waals surface area contributed by atoms with Crippen LogP contribution < -0.4 is 4.74 Å². The van der Waals surface area contributed by atoms with E-state index in [9.17, 15) is 4.79 Å².